The Morgan fingerprint density at radius 2 is 2.04 bits per heavy atom. The van der Waals surface area contributed by atoms with E-state index in [-0.39, 0.29) is 29.7 Å². The minimum absolute atomic E-state index is 0. The van der Waals surface area contributed by atoms with Crippen LogP contribution < -0.4 is 15.4 Å². The Kier molecular flexibility index (Phi) is 12.5. The number of aromatic hydroxyl groups is 1. The lowest BCUT2D eigenvalue weighted by Crippen LogP contribution is -2.38. The van der Waals surface area contributed by atoms with Gasteiger partial charge in [0, 0.05) is 31.9 Å². The number of rotatable bonds is 9. The van der Waals surface area contributed by atoms with Crippen molar-refractivity contribution < 1.29 is 14.6 Å². The van der Waals surface area contributed by atoms with E-state index in [4.69, 9.17) is 9.47 Å². The molecular formula is C16H28IN3O3. The van der Waals surface area contributed by atoms with Crippen molar-refractivity contribution in [3.05, 3.63) is 23.8 Å². The van der Waals surface area contributed by atoms with Crippen LogP contribution in [0.1, 0.15) is 25.8 Å². The number of halogens is 1. The molecule has 1 aromatic carbocycles. The number of phenolic OH excluding ortho intramolecular Hbond substituents is 1. The molecule has 0 atom stereocenters. The molecule has 0 bridgehead atoms. The van der Waals surface area contributed by atoms with Crippen LogP contribution in [0.25, 0.3) is 0 Å². The monoisotopic (exact) mass is 437 g/mol. The topological polar surface area (TPSA) is 75.1 Å². The first kappa shape index (κ1) is 21.8. The number of hydrogen-bond acceptors (Lipinski definition) is 4. The highest BCUT2D eigenvalue weighted by Gasteiger charge is 2.07. The third-order valence-electron chi connectivity index (χ3n) is 3.02. The van der Waals surface area contributed by atoms with Gasteiger partial charge in [0.05, 0.1) is 13.7 Å². The summed E-state index contributed by atoms with van der Waals surface area (Å²) < 4.78 is 10.4. The molecule has 0 radical (unpaired) electrons. The summed E-state index contributed by atoms with van der Waals surface area (Å²) >= 11 is 0. The zero-order valence-corrected chi connectivity index (χ0v) is 16.4. The van der Waals surface area contributed by atoms with Gasteiger partial charge in [-0.25, -0.2) is 4.99 Å². The standard InChI is InChI=1S/C16H27N3O3.HI/c1-4-17-16(18-10-7-11-22-5-2)19-12-13-8-6-9-14(21-3)15(13)20;/h6,8-9,20H,4-5,7,10-12H2,1-3H3,(H2,17,18,19);1H. The molecule has 0 aliphatic heterocycles. The van der Waals surface area contributed by atoms with E-state index in [2.05, 4.69) is 15.6 Å². The predicted octanol–water partition coefficient (Wildman–Crippen LogP) is 2.50. The molecule has 0 spiro atoms. The van der Waals surface area contributed by atoms with Crippen molar-refractivity contribution in [3.63, 3.8) is 0 Å². The van der Waals surface area contributed by atoms with Crippen molar-refractivity contribution >= 4 is 29.9 Å². The molecule has 1 rings (SSSR count). The van der Waals surface area contributed by atoms with Gasteiger partial charge in [-0.3, -0.25) is 0 Å². The summed E-state index contributed by atoms with van der Waals surface area (Å²) in [4.78, 5) is 4.48. The molecule has 0 saturated heterocycles. The lowest BCUT2D eigenvalue weighted by atomic mass is 10.2. The largest absolute Gasteiger partial charge is 0.504 e. The summed E-state index contributed by atoms with van der Waals surface area (Å²) in [7, 11) is 1.53. The van der Waals surface area contributed by atoms with Crippen molar-refractivity contribution in [1.82, 2.24) is 10.6 Å². The fraction of sp³-hybridized carbons (Fsp3) is 0.562. The van der Waals surface area contributed by atoms with Crippen LogP contribution in [0.3, 0.4) is 0 Å². The Bertz CT molecular complexity index is 470. The van der Waals surface area contributed by atoms with Crippen molar-refractivity contribution in [2.45, 2.75) is 26.8 Å². The number of nitrogens with one attached hydrogen (secondary N) is 2. The third kappa shape index (κ3) is 8.26. The molecule has 3 N–H and O–H groups in total. The van der Waals surface area contributed by atoms with Gasteiger partial charge in [-0.1, -0.05) is 12.1 Å². The number of ether oxygens (including phenoxy) is 2. The number of hydrogen-bond donors (Lipinski definition) is 3. The molecule has 0 fully saturated rings. The van der Waals surface area contributed by atoms with Gasteiger partial charge in [0.1, 0.15) is 0 Å². The second kappa shape index (κ2) is 13.2. The summed E-state index contributed by atoms with van der Waals surface area (Å²) in [6, 6.07) is 5.39. The van der Waals surface area contributed by atoms with Crippen LogP contribution in [-0.4, -0.2) is 44.5 Å². The molecule has 6 nitrogen and oxygen atoms in total. The van der Waals surface area contributed by atoms with Gasteiger partial charge >= 0.3 is 0 Å². The highest BCUT2D eigenvalue weighted by Crippen LogP contribution is 2.29. The van der Waals surface area contributed by atoms with E-state index < -0.39 is 0 Å². The third-order valence-corrected chi connectivity index (χ3v) is 3.02. The van der Waals surface area contributed by atoms with Crippen LogP contribution >= 0.6 is 24.0 Å². The molecule has 7 heteroatoms. The second-order valence-corrected chi connectivity index (χ2v) is 4.64. The maximum atomic E-state index is 10.1. The maximum Gasteiger partial charge on any atom is 0.191 e. The fourth-order valence-electron chi connectivity index (χ4n) is 1.89. The van der Waals surface area contributed by atoms with E-state index in [0.29, 0.717) is 12.3 Å². The van der Waals surface area contributed by atoms with Crippen LogP contribution in [0, 0.1) is 0 Å². The van der Waals surface area contributed by atoms with E-state index in [1.165, 1.54) is 7.11 Å². The highest BCUT2D eigenvalue weighted by molar-refractivity contribution is 14.0. The average Bonchev–Trinajstić information content (AvgIpc) is 2.53. The van der Waals surface area contributed by atoms with Gasteiger partial charge in [0.15, 0.2) is 17.5 Å². The molecule has 0 aliphatic rings. The number of para-hydroxylation sites is 1. The summed E-state index contributed by atoms with van der Waals surface area (Å²) in [5, 5.41) is 16.5. The quantitative estimate of drug-likeness (QED) is 0.240. The number of guanidine groups is 1. The SMILES string of the molecule is CCNC(=NCc1cccc(OC)c1O)NCCCOCC.I. The van der Waals surface area contributed by atoms with Crippen LogP contribution in [-0.2, 0) is 11.3 Å². The number of aliphatic imine (C=N–C) groups is 1. The lowest BCUT2D eigenvalue weighted by molar-refractivity contribution is 0.145. The number of phenols is 1. The minimum atomic E-state index is 0. The Labute approximate surface area is 155 Å². The van der Waals surface area contributed by atoms with Crippen LogP contribution in [0.15, 0.2) is 23.2 Å². The molecular weight excluding hydrogens is 409 g/mol. The predicted molar refractivity (Wildman–Crippen MR) is 104 cm³/mol. The van der Waals surface area contributed by atoms with E-state index in [0.717, 1.165) is 44.2 Å². The Morgan fingerprint density at radius 3 is 2.70 bits per heavy atom. The van der Waals surface area contributed by atoms with Gasteiger partial charge in [0.25, 0.3) is 0 Å². The number of methoxy groups -OCH3 is 1. The fourth-order valence-corrected chi connectivity index (χ4v) is 1.89. The number of benzene rings is 1. The normalized spacial score (nSPS) is 10.8. The molecule has 23 heavy (non-hydrogen) atoms. The van der Waals surface area contributed by atoms with Crippen molar-refractivity contribution in [3.8, 4) is 11.5 Å². The van der Waals surface area contributed by atoms with Crippen molar-refractivity contribution in [1.29, 1.82) is 0 Å². The smallest absolute Gasteiger partial charge is 0.191 e. The zero-order valence-electron chi connectivity index (χ0n) is 14.1. The first-order chi connectivity index (χ1) is 10.7. The molecule has 0 saturated carbocycles. The van der Waals surface area contributed by atoms with Crippen molar-refractivity contribution in [2.24, 2.45) is 4.99 Å². The molecule has 0 unspecified atom stereocenters. The molecule has 132 valence electrons. The van der Waals surface area contributed by atoms with Gasteiger partial charge in [0.2, 0.25) is 0 Å². The van der Waals surface area contributed by atoms with Crippen LogP contribution in [0.4, 0.5) is 0 Å². The summed E-state index contributed by atoms with van der Waals surface area (Å²) in [6.07, 6.45) is 0.919. The van der Waals surface area contributed by atoms with Gasteiger partial charge < -0.3 is 25.2 Å². The van der Waals surface area contributed by atoms with E-state index in [1.807, 2.05) is 26.0 Å². The first-order valence-corrected chi connectivity index (χ1v) is 7.67. The zero-order chi connectivity index (χ0) is 16.2. The second-order valence-electron chi connectivity index (χ2n) is 4.64. The summed E-state index contributed by atoms with van der Waals surface area (Å²) in [5.74, 6) is 1.32. The Balaban J connectivity index is 0.00000484. The Hall–Kier alpha value is -1.22. The van der Waals surface area contributed by atoms with E-state index in [1.54, 1.807) is 6.07 Å². The first-order valence-electron chi connectivity index (χ1n) is 7.67. The minimum Gasteiger partial charge on any atom is -0.504 e. The molecule has 0 amide bonds. The highest BCUT2D eigenvalue weighted by atomic mass is 127. The Morgan fingerprint density at radius 1 is 1.26 bits per heavy atom. The summed E-state index contributed by atoms with van der Waals surface area (Å²) in [6.45, 7) is 7.42. The molecule has 0 aromatic heterocycles. The van der Waals surface area contributed by atoms with E-state index in [9.17, 15) is 5.11 Å². The maximum absolute atomic E-state index is 10.1. The van der Waals surface area contributed by atoms with Crippen molar-refractivity contribution in [2.75, 3.05) is 33.4 Å². The van der Waals surface area contributed by atoms with Crippen LogP contribution in [0.2, 0.25) is 0 Å². The van der Waals surface area contributed by atoms with Gasteiger partial charge in [-0.2, -0.15) is 0 Å². The molecule has 0 aliphatic carbocycles. The van der Waals surface area contributed by atoms with Gasteiger partial charge in [-0.15, -0.1) is 24.0 Å². The van der Waals surface area contributed by atoms with Gasteiger partial charge in [-0.05, 0) is 26.3 Å². The van der Waals surface area contributed by atoms with Crippen LogP contribution in [0.5, 0.6) is 11.5 Å². The molecule has 0 heterocycles. The van der Waals surface area contributed by atoms with E-state index >= 15 is 0 Å². The lowest BCUT2D eigenvalue weighted by Gasteiger charge is -2.12. The number of nitrogens with zero attached hydrogens (tertiary/aromatic N) is 1. The average molecular weight is 437 g/mol. The summed E-state index contributed by atoms with van der Waals surface area (Å²) in [5.41, 5.74) is 0.728. The molecule has 1 aromatic rings.